The number of hydrogen-bond donors (Lipinski definition) is 2. The van der Waals surface area contributed by atoms with Crippen molar-refractivity contribution in [3.8, 4) is 0 Å². The summed E-state index contributed by atoms with van der Waals surface area (Å²) in [7, 11) is 1.93. The highest BCUT2D eigenvalue weighted by atomic mass is 32.2. The van der Waals surface area contributed by atoms with E-state index < -0.39 is 0 Å². The van der Waals surface area contributed by atoms with Gasteiger partial charge in [-0.15, -0.1) is 11.8 Å². The van der Waals surface area contributed by atoms with Crippen LogP contribution in [0.25, 0.3) is 0 Å². The molecule has 2 rings (SSSR count). The Labute approximate surface area is 107 Å². The Morgan fingerprint density at radius 2 is 2.53 bits per heavy atom. The van der Waals surface area contributed by atoms with E-state index in [1.165, 1.54) is 4.90 Å². The van der Waals surface area contributed by atoms with Crippen molar-refractivity contribution in [2.45, 2.75) is 36.1 Å². The third-order valence-electron chi connectivity index (χ3n) is 3.72. The van der Waals surface area contributed by atoms with Crippen LogP contribution in [0, 0.1) is 5.92 Å². The van der Waals surface area contributed by atoms with E-state index >= 15 is 0 Å². The summed E-state index contributed by atoms with van der Waals surface area (Å²) in [6.45, 7) is 0.120. The predicted octanol–water partition coefficient (Wildman–Crippen LogP) is 1.39. The van der Waals surface area contributed by atoms with Crippen molar-refractivity contribution in [3.05, 3.63) is 12.4 Å². The van der Waals surface area contributed by atoms with Gasteiger partial charge in [-0.3, -0.25) is 4.68 Å². The molecule has 0 spiro atoms. The molecule has 5 heteroatoms. The molecule has 1 aromatic heterocycles. The van der Waals surface area contributed by atoms with Gasteiger partial charge in [-0.05, 0) is 30.9 Å². The summed E-state index contributed by atoms with van der Waals surface area (Å²) in [6, 6.07) is 0. The number of rotatable bonds is 5. The molecular weight excluding hydrogens is 234 g/mol. The van der Waals surface area contributed by atoms with Gasteiger partial charge in [0.2, 0.25) is 0 Å². The molecule has 0 radical (unpaired) electrons. The van der Waals surface area contributed by atoms with Gasteiger partial charge >= 0.3 is 0 Å². The lowest BCUT2D eigenvalue weighted by Gasteiger charge is -2.29. The molecule has 3 N–H and O–H groups in total. The van der Waals surface area contributed by atoms with Crippen LogP contribution in [0.1, 0.15) is 25.7 Å². The van der Waals surface area contributed by atoms with Gasteiger partial charge in [0.1, 0.15) is 0 Å². The van der Waals surface area contributed by atoms with E-state index in [2.05, 4.69) is 5.10 Å². The Kier molecular flexibility index (Phi) is 4.12. The normalized spacial score (nSPS) is 28.8. The van der Waals surface area contributed by atoms with Gasteiger partial charge in [0.25, 0.3) is 0 Å². The third kappa shape index (κ3) is 3.03. The minimum Gasteiger partial charge on any atom is -0.394 e. The fraction of sp³-hybridized carbons (Fsp3) is 0.750. The summed E-state index contributed by atoms with van der Waals surface area (Å²) in [5.74, 6) is 1.52. The minimum absolute atomic E-state index is 0.120. The van der Waals surface area contributed by atoms with Gasteiger partial charge < -0.3 is 10.8 Å². The first kappa shape index (κ1) is 12.9. The molecule has 96 valence electrons. The fourth-order valence-electron chi connectivity index (χ4n) is 2.60. The van der Waals surface area contributed by atoms with Crippen LogP contribution in [0.4, 0.5) is 0 Å². The zero-order chi connectivity index (χ0) is 12.3. The largest absolute Gasteiger partial charge is 0.394 e. The highest BCUT2D eigenvalue weighted by Gasteiger charge is 2.38. The lowest BCUT2D eigenvalue weighted by molar-refractivity contribution is 0.158. The van der Waals surface area contributed by atoms with E-state index in [-0.39, 0.29) is 12.1 Å². The van der Waals surface area contributed by atoms with Crippen molar-refractivity contribution in [1.82, 2.24) is 9.78 Å². The van der Waals surface area contributed by atoms with Gasteiger partial charge in [0, 0.05) is 23.7 Å². The number of aryl methyl sites for hydroxylation is 1. The quantitative estimate of drug-likeness (QED) is 0.781. The van der Waals surface area contributed by atoms with Crippen LogP contribution < -0.4 is 5.73 Å². The number of aliphatic hydroxyl groups is 1. The molecule has 0 bridgehead atoms. The first-order chi connectivity index (χ1) is 8.14. The van der Waals surface area contributed by atoms with E-state index in [0.717, 1.165) is 31.4 Å². The zero-order valence-electron chi connectivity index (χ0n) is 10.3. The Hall–Kier alpha value is -0.520. The highest BCUT2D eigenvalue weighted by molar-refractivity contribution is 7.99. The summed E-state index contributed by atoms with van der Waals surface area (Å²) in [4.78, 5) is 1.21. The molecule has 0 aliphatic heterocycles. The van der Waals surface area contributed by atoms with Crippen LogP contribution in [0.5, 0.6) is 0 Å². The van der Waals surface area contributed by atoms with Crippen molar-refractivity contribution in [2.75, 3.05) is 12.4 Å². The molecule has 1 aliphatic carbocycles. The second-order valence-electron chi connectivity index (χ2n) is 4.97. The molecule has 0 saturated heterocycles. The Bertz CT molecular complexity index is 368. The first-order valence-electron chi connectivity index (χ1n) is 6.15. The lowest BCUT2D eigenvalue weighted by Crippen LogP contribution is -2.47. The van der Waals surface area contributed by atoms with Gasteiger partial charge in [0.15, 0.2) is 0 Å². The second kappa shape index (κ2) is 5.42. The molecule has 1 aromatic rings. The molecule has 2 atom stereocenters. The van der Waals surface area contributed by atoms with Crippen molar-refractivity contribution in [2.24, 2.45) is 18.7 Å². The van der Waals surface area contributed by atoms with Crippen LogP contribution in [-0.4, -0.2) is 32.8 Å². The summed E-state index contributed by atoms with van der Waals surface area (Å²) in [5.41, 5.74) is 5.89. The van der Waals surface area contributed by atoms with Gasteiger partial charge in [0.05, 0.1) is 12.8 Å². The SMILES string of the molecule is Cn1cc(SCCC2CCCC2(N)CO)cn1. The maximum atomic E-state index is 9.37. The van der Waals surface area contributed by atoms with Crippen LogP contribution >= 0.6 is 11.8 Å². The van der Waals surface area contributed by atoms with Crippen molar-refractivity contribution < 1.29 is 5.11 Å². The van der Waals surface area contributed by atoms with E-state index in [9.17, 15) is 5.11 Å². The number of aliphatic hydroxyl groups excluding tert-OH is 1. The number of hydrogen-bond acceptors (Lipinski definition) is 4. The molecule has 1 aliphatic rings. The molecule has 2 unspecified atom stereocenters. The smallest absolute Gasteiger partial charge is 0.0625 e. The molecule has 1 fully saturated rings. The third-order valence-corrected chi connectivity index (χ3v) is 4.70. The van der Waals surface area contributed by atoms with Crippen molar-refractivity contribution in [3.63, 3.8) is 0 Å². The van der Waals surface area contributed by atoms with Gasteiger partial charge in [-0.1, -0.05) is 6.42 Å². The monoisotopic (exact) mass is 255 g/mol. The number of thioether (sulfide) groups is 1. The van der Waals surface area contributed by atoms with Gasteiger partial charge in [-0.25, -0.2) is 0 Å². The average molecular weight is 255 g/mol. The summed E-state index contributed by atoms with van der Waals surface area (Å²) in [5, 5.41) is 13.5. The first-order valence-corrected chi connectivity index (χ1v) is 7.14. The Morgan fingerprint density at radius 3 is 3.18 bits per heavy atom. The molecule has 17 heavy (non-hydrogen) atoms. The topological polar surface area (TPSA) is 64.1 Å². The summed E-state index contributed by atoms with van der Waals surface area (Å²) < 4.78 is 1.82. The summed E-state index contributed by atoms with van der Waals surface area (Å²) in [6.07, 6.45) is 8.27. The molecule has 4 nitrogen and oxygen atoms in total. The number of aromatic nitrogens is 2. The van der Waals surface area contributed by atoms with Crippen molar-refractivity contribution in [1.29, 1.82) is 0 Å². The molecule has 1 saturated carbocycles. The van der Waals surface area contributed by atoms with Crippen molar-refractivity contribution >= 4 is 11.8 Å². The molecule has 0 amide bonds. The lowest BCUT2D eigenvalue weighted by atomic mass is 9.87. The average Bonchev–Trinajstić information content (AvgIpc) is 2.87. The predicted molar refractivity (Wildman–Crippen MR) is 69.9 cm³/mol. The molecule has 1 heterocycles. The number of nitrogens with two attached hydrogens (primary N) is 1. The maximum Gasteiger partial charge on any atom is 0.0625 e. The van der Waals surface area contributed by atoms with E-state index in [0.29, 0.717) is 5.92 Å². The van der Waals surface area contributed by atoms with E-state index in [1.807, 2.05) is 35.9 Å². The van der Waals surface area contributed by atoms with E-state index in [1.54, 1.807) is 0 Å². The van der Waals surface area contributed by atoms with E-state index in [4.69, 9.17) is 5.73 Å². The van der Waals surface area contributed by atoms with Crippen LogP contribution in [0.15, 0.2) is 17.3 Å². The molecular formula is C12H21N3OS. The number of nitrogens with zero attached hydrogens (tertiary/aromatic N) is 2. The highest BCUT2D eigenvalue weighted by Crippen LogP contribution is 2.36. The zero-order valence-corrected chi connectivity index (χ0v) is 11.1. The van der Waals surface area contributed by atoms with Gasteiger partial charge in [-0.2, -0.15) is 5.10 Å². The maximum absolute atomic E-state index is 9.37. The Balaban J connectivity index is 1.78. The second-order valence-corrected chi connectivity index (χ2v) is 6.14. The summed E-state index contributed by atoms with van der Waals surface area (Å²) >= 11 is 1.82. The van der Waals surface area contributed by atoms with Crippen LogP contribution in [-0.2, 0) is 7.05 Å². The minimum atomic E-state index is -0.324. The fourth-order valence-corrected chi connectivity index (χ4v) is 3.59. The van der Waals surface area contributed by atoms with Crippen LogP contribution in [0.2, 0.25) is 0 Å². The van der Waals surface area contributed by atoms with Crippen LogP contribution in [0.3, 0.4) is 0 Å². The standard InChI is InChI=1S/C12H21N3OS/c1-15-8-11(7-14-15)17-6-4-10-3-2-5-12(10,13)9-16/h7-8,10,16H,2-6,9,13H2,1H3. The Morgan fingerprint density at radius 1 is 1.71 bits per heavy atom. The molecule has 0 aromatic carbocycles.